The molecule has 0 radical (unpaired) electrons. The van der Waals surface area contributed by atoms with Crippen LogP contribution < -0.4 is 44.1 Å². The van der Waals surface area contributed by atoms with Crippen molar-refractivity contribution in [3.63, 3.8) is 0 Å². The van der Waals surface area contributed by atoms with Crippen LogP contribution in [0.25, 0.3) is 0 Å². The Balaban J connectivity index is 0.00000288. The van der Waals surface area contributed by atoms with Gasteiger partial charge in [-0.15, -0.1) is 0 Å². The molecule has 0 aliphatic rings. The number of carbonyl (C=O) groups is 2. The zero-order valence-corrected chi connectivity index (χ0v) is 15.7. The predicted molar refractivity (Wildman–Crippen MR) is 76.2 cm³/mol. The van der Waals surface area contributed by atoms with Crippen LogP contribution >= 0.6 is 0 Å². The molecule has 1 N–H and O–H groups in total. The first-order valence-corrected chi connectivity index (χ1v) is 7.70. The van der Waals surface area contributed by atoms with Crippen LogP contribution in [-0.2, 0) is 10.0 Å². The summed E-state index contributed by atoms with van der Waals surface area (Å²) in [6.45, 7) is 0. The van der Waals surface area contributed by atoms with Crippen LogP contribution in [0.1, 0.15) is 20.8 Å². The van der Waals surface area contributed by atoms with E-state index in [2.05, 4.69) is 4.98 Å². The van der Waals surface area contributed by atoms with Gasteiger partial charge in [-0.3, -0.25) is 9.78 Å². The minimum atomic E-state index is -4.07. The second-order valence-electron chi connectivity index (χ2n) is 4.33. The van der Waals surface area contributed by atoms with Gasteiger partial charge in [0.2, 0.25) is 0 Å². The van der Waals surface area contributed by atoms with Gasteiger partial charge in [-0.25, -0.2) is 13.1 Å². The molecule has 1 heterocycles. The first-order chi connectivity index (χ1) is 10.8. The van der Waals surface area contributed by atoms with Crippen LogP contribution in [0.3, 0.4) is 0 Å². The predicted octanol–water partition coefficient (Wildman–Crippen LogP) is -3.42. The van der Waals surface area contributed by atoms with E-state index in [0.717, 1.165) is 18.3 Å². The number of carboxylic acid groups (broad SMARTS) is 1. The number of hydrogen-bond donors (Lipinski definition) is 1. The second-order valence-corrected chi connectivity index (χ2v) is 6.01. The number of nitrogens with one attached hydrogen (secondary N) is 1. The Morgan fingerprint density at radius 3 is 2.21 bits per heavy atom. The third-order valence-corrected chi connectivity index (χ3v) is 4.18. The Morgan fingerprint density at radius 2 is 1.75 bits per heavy atom. The van der Waals surface area contributed by atoms with E-state index >= 15 is 0 Å². The van der Waals surface area contributed by atoms with Crippen molar-refractivity contribution in [1.82, 2.24) is 9.71 Å². The third-order valence-electron chi connectivity index (χ3n) is 2.83. The number of methoxy groups -OCH3 is 1. The number of aromatic carboxylic acids is 1. The van der Waals surface area contributed by atoms with Crippen LogP contribution in [-0.4, -0.2) is 32.4 Å². The maximum Gasteiger partial charge on any atom is 1.00 e. The number of sulfonamides is 1. The molecule has 0 saturated heterocycles. The van der Waals surface area contributed by atoms with E-state index in [1.54, 1.807) is 0 Å². The number of ether oxygens (including phenoxy) is 1. The van der Waals surface area contributed by atoms with Gasteiger partial charge < -0.3 is 14.6 Å². The van der Waals surface area contributed by atoms with Gasteiger partial charge >= 0.3 is 29.6 Å². The molecule has 8 nitrogen and oxygen atoms in total. The van der Waals surface area contributed by atoms with Crippen LogP contribution in [0.15, 0.2) is 47.5 Å². The van der Waals surface area contributed by atoms with Crippen molar-refractivity contribution in [1.29, 1.82) is 0 Å². The van der Waals surface area contributed by atoms with Gasteiger partial charge in [0.05, 0.1) is 29.2 Å². The zero-order chi connectivity index (χ0) is 17.0. The molecule has 0 spiro atoms. The Hall–Kier alpha value is -1.94. The standard InChI is InChI=1S/C14H12N2O6S.Na/c1-22-10-3-5-11(6-4-10)23(20,21)16-13(17)9-2-7-12(14(18)19)15-8-9;/h2-8H,1H3,(H,16,17)(H,18,19);/q;+1/p-1. The largest absolute Gasteiger partial charge is 1.00 e. The smallest absolute Gasteiger partial charge is 0.543 e. The number of aromatic nitrogens is 1. The molecule has 120 valence electrons. The summed E-state index contributed by atoms with van der Waals surface area (Å²) >= 11 is 0. The maximum absolute atomic E-state index is 12.1. The van der Waals surface area contributed by atoms with Crippen LogP contribution in [0.4, 0.5) is 0 Å². The number of nitrogens with zero attached hydrogens (tertiary/aromatic N) is 1. The van der Waals surface area contributed by atoms with E-state index in [1.807, 2.05) is 4.72 Å². The molecule has 1 amide bonds. The molecule has 2 aromatic rings. The molecular weight excluding hydrogens is 347 g/mol. The van der Waals surface area contributed by atoms with Crippen molar-refractivity contribution in [2.45, 2.75) is 4.90 Å². The Morgan fingerprint density at radius 1 is 1.12 bits per heavy atom. The normalized spacial score (nSPS) is 10.4. The van der Waals surface area contributed by atoms with Crippen LogP contribution in [0.5, 0.6) is 5.75 Å². The van der Waals surface area contributed by atoms with E-state index < -0.39 is 21.9 Å². The van der Waals surface area contributed by atoms with Gasteiger partial charge in [-0.1, -0.05) is 0 Å². The summed E-state index contributed by atoms with van der Waals surface area (Å²) in [7, 11) is -2.63. The van der Waals surface area contributed by atoms with E-state index in [1.165, 1.54) is 31.4 Å². The molecule has 0 atom stereocenters. The SMILES string of the molecule is COc1ccc(S(=O)(=O)NC(=O)c2ccc(C(=O)[O-])nc2)cc1.[Na+]. The summed E-state index contributed by atoms with van der Waals surface area (Å²) in [4.78, 5) is 25.9. The number of amides is 1. The number of carboxylic acids is 1. The number of hydrogen-bond acceptors (Lipinski definition) is 7. The maximum atomic E-state index is 12.1. The van der Waals surface area contributed by atoms with Gasteiger partial charge in [0.15, 0.2) is 0 Å². The number of rotatable bonds is 5. The molecule has 0 aliphatic carbocycles. The van der Waals surface area contributed by atoms with E-state index in [0.29, 0.717) is 5.75 Å². The molecule has 1 aromatic carbocycles. The van der Waals surface area contributed by atoms with E-state index in [4.69, 9.17) is 4.74 Å². The van der Waals surface area contributed by atoms with Crippen molar-refractivity contribution in [2.75, 3.05) is 7.11 Å². The van der Waals surface area contributed by atoms with Gasteiger partial charge in [0, 0.05) is 6.20 Å². The van der Waals surface area contributed by atoms with Gasteiger partial charge in [0.25, 0.3) is 15.9 Å². The molecule has 0 aliphatic heterocycles. The number of pyridine rings is 1. The van der Waals surface area contributed by atoms with Crippen molar-refractivity contribution >= 4 is 21.9 Å². The Bertz CT molecular complexity index is 835. The minimum Gasteiger partial charge on any atom is -0.543 e. The van der Waals surface area contributed by atoms with Crippen molar-refractivity contribution in [2.24, 2.45) is 0 Å². The fourth-order valence-electron chi connectivity index (χ4n) is 1.64. The van der Waals surface area contributed by atoms with Crippen LogP contribution in [0.2, 0.25) is 0 Å². The van der Waals surface area contributed by atoms with Crippen LogP contribution in [0, 0.1) is 0 Å². The summed E-state index contributed by atoms with van der Waals surface area (Å²) in [6, 6.07) is 7.63. The quantitative estimate of drug-likeness (QED) is 0.552. The fourth-order valence-corrected chi connectivity index (χ4v) is 2.62. The molecule has 24 heavy (non-hydrogen) atoms. The van der Waals surface area contributed by atoms with Crippen molar-refractivity contribution in [3.8, 4) is 5.75 Å². The molecule has 2 rings (SSSR count). The van der Waals surface area contributed by atoms with Gasteiger partial charge in [0.1, 0.15) is 5.75 Å². The topological polar surface area (TPSA) is 125 Å². The number of benzene rings is 1. The average molecular weight is 358 g/mol. The van der Waals surface area contributed by atoms with Crippen molar-refractivity contribution < 1.29 is 57.4 Å². The summed E-state index contributed by atoms with van der Waals surface area (Å²) in [5.41, 5.74) is -0.466. The monoisotopic (exact) mass is 358 g/mol. The molecule has 1 aromatic heterocycles. The van der Waals surface area contributed by atoms with Gasteiger partial charge in [-0.2, -0.15) is 0 Å². The summed E-state index contributed by atoms with van der Waals surface area (Å²) in [6.07, 6.45) is 0.948. The summed E-state index contributed by atoms with van der Waals surface area (Å²) in [5.74, 6) is -1.96. The Labute approximate surface area is 160 Å². The third kappa shape index (κ3) is 4.78. The summed E-state index contributed by atoms with van der Waals surface area (Å²) < 4.78 is 31.0. The van der Waals surface area contributed by atoms with Gasteiger partial charge in [-0.05, 0) is 36.4 Å². The van der Waals surface area contributed by atoms with Crippen molar-refractivity contribution in [3.05, 3.63) is 53.9 Å². The first-order valence-electron chi connectivity index (χ1n) is 6.22. The summed E-state index contributed by atoms with van der Waals surface area (Å²) in [5, 5.41) is 10.6. The molecule has 0 unspecified atom stereocenters. The molecule has 0 fully saturated rings. The van der Waals surface area contributed by atoms with E-state index in [-0.39, 0.29) is 45.7 Å². The number of carbonyl (C=O) groups excluding carboxylic acids is 2. The average Bonchev–Trinajstić information content (AvgIpc) is 2.54. The first kappa shape index (κ1) is 20.1. The minimum absolute atomic E-state index is 0. The second kappa shape index (κ2) is 8.25. The zero-order valence-electron chi connectivity index (χ0n) is 12.8. The molecule has 0 bridgehead atoms. The fraction of sp³-hybridized carbons (Fsp3) is 0.0714. The molecule has 0 saturated carbocycles. The van der Waals surface area contributed by atoms with E-state index in [9.17, 15) is 23.1 Å². The molecular formula is C14H11N2NaO6S. The Kier molecular flexibility index (Phi) is 6.91. The molecule has 10 heteroatoms.